The third-order valence-corrected chi connectivity index (χ3v) is 1.59. The van der Waals surface area contributed by atoms with Crippen molar-refractivity contribution in [2.24, 2.45) is 5.41 Å². The van der Waals surface area contributed by atoms with E-state index in [0.717, 1.165) is 0 Å². The minimum atomic E-state index is -0.983. The Morgan fingerprint density at radius 1 is 1.00 bits per heavy atom. The fourth-order valence-corrected chi connectivity index (χ4v) is 0.728. The van der Waals surface area contributed by atoms with Crippen LogP contribution in [-0.2, 0) is 9.59 Å². The fraction of sp³-hybridized carbons (Fsp3) is 0.714. The van der Waals surface area contributed by atoms with Crippen LogP contribution in [0.1, 0.15) is 13.8 Å². The Morgan fingerprint density at radius 3 is 1.45 bits per heavy atom. The highest BCUT2D eigenvalue weighted by atomic mass is 16.2. The van der Waals surface area contributed by atoms with Crippen LogP contribution in [0.15, 0.2) is 0 Å². The zero-order valence-electron chi connectivity index (χ0n) is 7.32. The van der Waals surface area contributed by atoms with Gasteiger partial charge in [-0.15, -0.1) is 0 Å². The van der Waals surface area contributed by atoms with Gasteiger partial charge in [-0.1, -0.05) is 0 Å². The largest absolute Gasteiger partial charge is 0.358 e. The van der Waals surface area contributed by atoms with Crippen LogP contribution in [0.4, 0.5) is 0 Å². The summed E-state index contributed by atoms with van der Waals surface area (Å²) in [4.78, 5) is 22.1. The third kappa shape index (κ3) is 1.93. The van der Waals surface area contributed by atoms with E-state index in [1.807, 2.05) is 0 Å². The van der Waals surface area contributed by atoms with Gasteiger partial charge in [-0.3, -0.25) is 9.59 Å². The number of carbonyl (C=O) groups is 2. The first-order valence-electron chi connectivity index (χ1n) is 3.41. The van der Waals surface area contributed by atoms with Crippen LogP contribution in [-0.4, -0.2) is 25.9 Å². The Morgan fingerprint density at radius 2 is 1.27 bits per heavy atom. The first-order chi connectivity index (χ1) is 4.96. The lowest BCUT2D eigenvalue weighted by Gasteiger charge is -2.19. The van der Waals surface area contributed by atoms with Gasteiger partial charge in [0.25, 0.3) is 0 Å². The SMILES string of the molecule is CNC(=O)C(C)(C)C(=O)NC. The van der Waals surface area contributed by atoms with Gasteiger partial charge in [-0.25, -0.2) is 0 Å². The second-order valence-corrected chi connectivity index (χ2v) is 2.78. The molecule has 0 radical (unpaired) electrons. The Kier molecular flexibility index (Phi) is 3.04. The molecule has 2 amide bonds. The van der Waals surface area contributed by atoms with Crippen molar-refractivity contribution in [3.63, 3.8) is 0 Å². The summed E-state index contributed by atoms with van der Waals surface area (Å²) in [6.45, 7) is 3.15. The molecule has 4 nitrogen and oxygen atoms in total. The van der Waals surface area contributed by atoms with Gasteiger partial charge in [0, 0.05) is 14.1 Å². The predicted octanol–water partition coefficient (Wildman–Crippen LogP) is -0.495. The van der Waals surface area contributed by atoms with Crippen molar-refractivity contribution in [1.82, 2.24) is 10.6 Å². The molecule has 0 spiro atoms. The lowest BCUT2D eigenvalue weighted by molar-refractivity contribution is -0.140. The van der Waals surface area contributed by atoms with E-state index in [9.17, 15) is 9.59 Å². The van der Waals surface area contributed by atoms with Crippen molar-refractivity contribution < 1.29 is 9.59 Å². The molecule has 0 aliphatic rings. The summed E-state index contributed by atoms with van der Waals surface area (Å²) in [5.41, 5.74) is -0.983. The highest BCUT2D eigenvalue weighted by molar-refractivity contribution is 6.03. The molecular weight excluding hydrogens is 144 g/mol. The quantitative estimate of drug-likeness (QED) is 0.532. The van der Waals surface area contributed by atoms with Gasteiger partial charge in [-0.05, 0) is 13.8 Å². The Bertz CT molecular complexity index is 157. The molecule has 0 atom stereocenters. The Labute approximate surface area is 66.4 Å². The van der Waals surface area contributed by atoms with Gasteiger partial charge in [0.2, 0.25) is 11.8 Å². The maximum Gasteiger partial charge on any atom is 0.234 e. The molecule has 0 aliphatic heterocycles. The van der Waals surface area contributed by atoms with Gasteiger partial charge in [-0.2, -0.15) is 0 Å². The van der Waals surface area contributed by atoms with E-state index in [1.54, 1.807) is 13.8 Å². The van der Waals surface area contributed by atoms with Crippen molar-refractivity contribution in [1.29, 1.82) is 0 Å². The number of carbonyl (C=O) groups excluding carboxylic acids is 2. The normalized spacial score (nSPS) is 10.5. The van der Waals surface area contributed by atoms with Crippen LogP contribution in [0.5, 0.6) is 0 Å². The molecule has 0 saturated carbocycles. The maximum atomic E-state index is 11.1. The molecule has 11 heavy (non-hydrogen) atoms. The van der Waals surface area contributed by atoms with Crippen LogP contribution in [0.2, 0.25) is 0 Å². The summed E-state index contributed by atoms with van der Waals surface area (Å²) >= 11 is 0. The Balaban J connectivity index is 4.44. The van der Waals surface area contributed by atoms with Crippen molar-refractivity contribution >= 4 is 11.8 Å². The predicted molar refractivity (Wildman–Crippen MR) is 41.9 cm³/mol. The first-order valence-corrected chi connectivity index (χ1v) is 3.41. The molecule has 0 bridgehead atoms. The second-order valence-electron chi connectivity index (χ2n) is 2.78. The number of hydrogen-bond donors (Lipinski definition) is 2. The van der Waals surface area contributed by atoms with E-state index in [-0.39, 0.29) is 11.8 Å². The van der Waals surface area contributed by atoms with Gasteiger partial charge >= 0.3 is 0 Å². The number of amides is 2. The van der Waals surface area contributed by atoms with E-state index >= 15 is 0 Å². The van der Waals surface area contributed by atoms with E-state index in [0.29, 0.717) is 0 Å². The smallest absolute Gasteiger partial charge is 0.234 e. The second kappa shape index (κ2) is 3.37. The van der Waals surface area contributed by atoms with Crippen LogP contribution in [0.25, 0.3) is 0 Å². The lowest BCUT2D eigenvalue weighted by Crippen LogP contribution is -2.45. The van der Waals surface area contributed by atoms with Crippen LogP contribution < -0.4 is 10.6 Å². The average Bonchev–Trinajstić information content (AvgIpc) is 2.01. The molecule has 0 aliphatic carbocycles. The molecule has 64 valence electrons. The topological polar surface area (TPSA) is 58.2 Å². The summed E-state index contributed by atoms with van der Waals surface area (Å²) in [5.74, 6) is -0.561. The van der Waals surface area contributed by atoms with Crippen molar-refractivity contribution in [3.05, 3.63) is 0 Å². The molecule has 0 aromatic rings. The summed E-state index contributed by atoms with van der Waals surface area (Å²) in [5, 5.41) is 4.84. The summed E-state index contributed by atoms with van der Waals surface area (Å²) < 4.78 is 0. The van der Waals surface area contributed by atoms with Gasteiger partial charge < -0.3 is 10.6 Å². The molecule has 0 aromatic heterocycles. The molecule has 0 fully saturated rings. The van der Waals surface area contributed by atoms with E-state index in [1.165, 1.54) is 14.1 Å². The molecule has 2 N–H and O–H groups in total. The van der Waals surface area contributed by atoms with Crippen molar-refractivity contribution in [2.75, 3.05) is 14.1 Å². The third-order valence-electron chi connectivity index (χ3n) is 1.59. The Hall–Kier alpha value is -1.06. The fourth-order valence-electron chi connectivity index (χ4n) is 0.728. The summed E-state index contributed by atoms with van der Waals surface area (Å²) in [6.07, 6.45) is 0. The number of nitrogens with one attached hydrogen (secondary N) is 2. The molecule has 0 rings (SSSR count). The zero-order valence-corrected chi connectivity index (χ0v) is 7.32. The van der Waals surface area contributed by atoms with E-state index in [2.05, 4.69) is 10.6 Å². The number of rotatable bonds is 2. The lowest BCUT2D eigenvalue weighted by atomic mass is 9.91. The molecule has 4 heteroatoms. The van der Waals surface area contributed by atoms with Gasteiger partial charge in [0.1, 0.15) is 5.41 Å². The van der Waals surface area contributed by atoms with Crippen LogP contribution in [0, 0.1) is 5.41 Å². The average molecular weight is 158 g/mol. The van der Waals surface area contributed by atoms with Gasteiger partial charge in [0.05, 0.1) is 0 Å². The minimum Gasteiger partial charge on any atom is -0.358 e. The van der Waals surface area contributed by atoms with Crippen LogP contribution >= 0.6 is 0 Å². The van der Waals surface area contributed by atoms with Gasteiger partial charge in [0.15, 0.2) is 0 Å². The first kappa shape index (κ1) is 9.94. The molecule has 0 heterocycles. The van der Waals surface area contributed by atoms with Crippen molar-refractivity contribution in [3.8, 4) is 0 Å². The zero-order chi connectivity index (χ0) is 9.07. The summed E-state index contributed by atoms with van der Waals surface area (Å²) in [6, 6.07) is 0. The minimum absolute atomic E-state index is 0.281. The molecule has 0 saturated heterocycles. The maximum absolute atomic E-state index is 11.1. The number of hydrogen-bond acceptors (Lipinski definition) is 2. The monoisotopic (exact) mass is 158 g/mol. The van der Waals surface area contributed by atoms with Crippen LogP contribution in [0.3, 0.4) is 0 Å². The van der Waals surface area contributed by atoms with E-state index in [4.69, 9.17) is 0 Å². The molecule has 0 aromatic carbocycles. The molecular formula is C7H14N2O2. The highest BCUT2D eigenvalue weighted by Gasteiger charge is 2.34. The molecule has 0 unspecified atom stereocenters. The van der Waals surface area contributed by atoms with E-state index < -0.39 is 5.41 Å². The highest BCUT2D eigenvalue weighted by Crippen LogP contribution is 2.14. The summed E-state index contributed by atoms with van der Waals surface area (Å²) in [7, 11) is 3.01. The van der Waals surface area contributed by atoms with Crippen molar-refractivity contribution in [2.45, 2.75) is 13.8 Å². The standard InChI is InChI=1S/C7H14N2O2/c1-7(2,5(10)8-3)6(11)9-4/h1-4H3,(H,8,10)(H,9,11).